The van der Waals surface area contributed by atoms with Crippen LogP contribution in [0.2, 0.25) is 10.0 Å². The van der Waals surface area contributed by atoms with Crippen molar-refractivity contribution in [2.75, 3.05) is 0 Å². The zero-order valence-corrected chi connectivity index (χ0v) is 13.2. The van der Waals surface area contributed by atoms with E-state index in [9.17, 15) is 4.39 Å². The van der Waals surface area contributed by atoms with Crippen LogP contribution in [0, 0.1) is 12.7 Å². The minimum Gasteiger partial charge on any atom is -0.267 e. The van der Waals surface area contributed by atoms with Crippen molar-refractivity contribution in [3.63, 3.8) is 0 Å². The molecule has 0 aliphatic heterocycles. The molecule has 0 aliphatic carbocycles. The highest BCUT2D eigenvalue weighted by atomic mass is 35.5. The molecule has 0 amide bonds. The van der Waals surface area contributed by atoms with Crippen molar-refractivity contribution >= 4 is 23.2 Å². The monoisotopic (exact) mass is 335 g/mol. The minimum absolute atomic E-state index is 0.255. The Morgan fingerprint density at radius 1 is 1.14 bits per heavy atom. The van der Waals surface area contributed by atoms with Crippen LogP contribution < -0.4 is 0 Å². The van der Waals surface area contributed by atoms with Crippen LogP contribution in [0.25, 0.3) is 11.4 Å². The molecule has 0 unspecified atom stereocenters. The number of nitrogens with zero attached hydrogens (tertiary/aromatic N) is 3. The smallest absolute Gasteiger partial charge is 0.129 e. The Kier molecular flexibility index (Phi) is 4.14. The summed E-state index contributed by atoms with van der Waals surface area (Å²) in [6.07, 6.45) is 3.46. The molecular formula is C16H12Cl2FN3. The molecule has 0 fully saturated rings. The van der Waals surface area contributed by atoms with Gasteiger partial charge in [-0.2, -0.15) is 5.10 Å². The van der Waals surface area contributed by atoms with Gasteiger partial charge in [-0.05, 0) is 36.8 Å². The molecule has 0 saturated heterocycles. The summed E-state index contributed by atoms with van der Waals surface area (Å²) in [7, 11) is 0. The second-order valence-corrected chi connectivity index (χ2v) is 5.73. The highest BCUT2D eigenvalue weighted by molar-refractivity contribution is 6.31. The maximum atomic E-state index is 13.8. The molecule has 0 spiro atoms. The molecular weight excluding hydrogens is 324 g/mol. The van der Waals surface area contributed by atoms with Crippen molar-refractivity contribution in [2.24, 2.45) is 0 Å². The molecule has 3 nitrogen and oxygen atoms in total. The van der Waals surface area contributed by atoms with Gasteiger partial charge in [-0.15, -0.1) is 0 Å². The molecule has 2 heterocycles. The topological polar surface area (TPSA) is 30.7 Å². The van der Waals surface area contributed by atoms with Gasteiger partial charge in [0.1, 0.15) is 11.5 Å². The maximum absolute atomic E-state index is 13.8. The molecule has 0 bridgehead atoms. The largest absolute Gasteiger partial charge is 0.267 e. The fourth-order valence-electron chi connectivity index (χ4n) is 2.07. The first-order chi connectivity index (χ1) is 10.5. The third kappa shape index (κ3) is 2.98. The molecule has 2 aromatic heterocycles. The summed E-state index contributed by atoms with van der Waals surface area (Å²) >= 11 is 12.1. The van der Waals surface area contributed by atoms with Gasteiger partial charge in [0.25, 0.3) is 0 Å². The molecule has 6 heteroatoms. The SMILES string of the molecule is Cc1cnc(-c2ccn(Cc3c(F)cccc3Cl)n2)cc1Cl. The molecule has 0 N–H and O–H groups in total. The van der Waals surface area contributed by atoms with Crippen LogP contribution in [-0.4, -0.2) is 14.8 Å². The van der Waals surface area contributed by atoms with Crippen LogP contribution in [-0.2, 0) is 6.54 Å². The van der Waals surface area contributed by atoms with Gasteiger partial charge < -0.3 is 0 Å². The van der Waals surface area contributed by atoms with E-state index in [1.807, 2.05) is 13.0 Å². The molecule has 0 radical (unpaired) electrons. The van der Waals surface area contributed by atoms with Crippen molar-refractivity contribution in [1.29, 1.82) is 0 Å². The molecule has 0 aliphatic rings. The first kappa shape index (κ1) is 15.0. The van der Waals surface area contributed by atoms with Gasteiger partial charge in [-0.25, -0.2) is 4.39 Å². The molecule has 3 aromatic rings. The van der Waals surface area contributed by atoms with Crippen molar-refractivity contribution in [3.05, 3.63) is 69.7 Å². The van der Waals surface area contributed by atoms with Gasteiger partial charge in [-0.3, -0.25) is 9.67 Å². The van der Waals surface area contributed by atoms with E-state index in [4.69, 9.17) is 23.2 Å². The van der Waals surface area contributed by atoms with Crippen LogP contribution in [0.15, 0.2) is 42.7 Å². The number of pyridine rings is 1. The minimum atomic E-state index is -0.346. The summed E-state index contributed by atoms with van der Waals surface area (Å²) in [4.78, 5) is 4.30. The normalized spacial score (nSPS) is 10.9. The van der Waals surface area contributed by atoms with Gasteiger partial charge in [0.2, 0.25) is 0 Å². The van der Waals surface area contributed by atoms with Crippen molar-refractivity contribution < 1.29 is 4.39 Å². The quantitative estimate of drug-likeness (QED) is 0.691. The summed E-state index contributed by atoms with van der Waals surface area (Å²) in [6.45, 7) is 2.14. The van der Waals surface area contributed by atoms with E-state index in [-0.39, 0.29) is 12.4 Å². The predicted octanol–water partition coefficient (Wildman–Crippen LogP) is 4.75. The lowest BCUT2D eigenvalue weighted by Crippen LogP contribution is -2.03. The van der Waals surface area contributed by atoms with Gasteiger partial charge in [0.15, 0.2) is 0 Å². The Balaban J connectivity index is 1.89. The predicted molar refractivity (Wildman–Crippen MR) is 85.7 cm³/mol. The molecule has 112 valence electrons. The summed E-state index contributed by atoms with van der Waals surface area (Å²) in [6, 6.07) is 8.19. The summed E-state index contributed by atoms with van der Waals surface area (Å²) in [5.74, 6) is -0.346. The van der Waals surface area contributed by atoms with Gasteiger partial charge in [0, 0.05) is 28.0 Å². The Hall–Kier alpha value is -1.91. The molecule has 1 aromatic carbocycles. The summed E-state index contributed by atoms with van der Waals surface area (Å²) < 4.78 is 15.4. The fraction of sp³-hybridized carbons (Fsp3) is 0.125. The third-order valence-corrected chi connectivity index (χ3v) is 4.08. The van der Waals surface area contributed by atoms with E-state index in [0.29, 0.717) is 27.0 Å². The first-order valence-electron chi connectivity index (χ1n) is 6.63. The maximum Gasteiger partial charge on any atom is 0.129 e. The van der Waals surface area contributed by atoms with E-state index in [1.165, 1.54) is 6.07 Å². The average Bonchev–Trinajstić information content (AvgIpc) is 2.95. The fourth-order valence-corrected chi connectivity index (χ4v) is 2.45. The van der Waals surface area contributed by atoms with Gasteiger partial charge in [0.05, 0.1) is 12.2 Å². The third-order valence-electron chi connectivity index (χ3n) is 3.32. The average molecular weight is 336 g/mol. The van der Waals surface area contributed by atoms with Gasteiger partial charge in [-0.1, -0.05) is 29.3 Å². The van der Waals surface area contributed by atoms with E-state index in [1.54, 1.807) is 35.3 Å². The van der Waals surface area contributed by atoms with Crippen LogP contribution in [0.1, 0.15) is 11.1 Å². The molecule has 22 heavy (non-hydrogen) atoms. The Bertz CT molecular complexity index is 810. The number of aromatic nitrogens is 3. The summed E-state index contributed by atoms with van der Waals surface area (Å²) in [5, 5.41) is 5.42. The zero-order chi connectivity index (χ0) is 15.7. The molecule has 3 rings (SSSR count). The second-order valence-electron chi connectivity index (χ2n) is 4.92. The first-order valence-corrected chi connectivity index (χ1v) is 7.39. The number of benzene rings is 1. The van der Waals surface area contributed by atoms with Crippen LogP contribution in [0.3, 0.4) is 0 Å². The van der Waals surface area contributed by atoms with E-state index < -0.39 is 0 Å². The van der Waals surface area contributed by atoms with E-state index in [0.717, 1.165) is 5.56 Å². The number of rotatable bonds is 3. The van der Waals surface area contributed by atoms with Crippen LogP contribution in [0.4, 0.5) is 4.39 Å². The number of halogens is 3. The molecule has 0 atom stereocenters. The Morgan fingerprint density at radius 3 is 2.68 bits per heavy atom. The summed E-state index contributed by atoms with van der Waals surface area (Å²) in [5.41, 5.74) is 2.67. The van der Waals surface area contributed by atoms with Gasteiger partial charge >= 0.3 is 0 Å². The number of aryl methyl sites for hydroxylation is 1. The lowest BCUT2D eigenvalue weighted by molar-refractivity contribution is 0.586. The number of hydrogen-bond acceptors (Lipinski definition) is 2. The number of hydrogen-bond donors (Lipinski definition) is 0. The lowest BCUT2D eigenvalue weighted by Gasteiger charge is -2.06. The van der Waals surface area contributed by atoms with Crippen molar-refractivity contribution in [3.8, 4) is 11.4 Å². The van der Waals surface area contributed by atoms with Crippen LogP contribution in [0.5, 0.6) is 0 Å². The van der Waals surface area contributed by atoms with Crippen molar-refractivity contribution in [2.45, 2.75) is 13.5 Å². The molecule has 0 saturated carbocycles. The Labute approximate surface area is 137 Å². The van der Waals surface area contributed by atoms with E-state index >= 15 is 0 Å². The van der Waals surface area contributed by atoms with Crippen LogP contribution >= 0.6 is 23.2 Å². The lowest BCUT2D eigenvalue weighted by atomic mass is 10.2. The Morgan fingerprint density at radius 2 is 1.95 bits per heavy atom. The highest BCUT2D eigenvalue weighted by Crippen LogP contribution is 2.23. The zero-order valence-electron chi connectivity index (χ0n) is 11.7. The highest BCUT2D eigenvalue weighted by Gasteiger charge is 2.10. The standard InChI is InChI=1S/C16H12Cl2FN3/c1-10-8-20-16(7-13(10)18)15-5-6-22(21-15)9-11-12(17)3-2-4-14(11)19/h2-8H,9H2,1H3. The van der Waals surface area contributed by atoms with E-state index in [2.05, 4.69) is 10.1 Å². The van der Waals surface area contributed by atoms with Crippen molar-refractivity contribution in [1.82, 2.24) is 14.8 Å². The second kappa shape index (κ2) is 6.07.